The van der Waals surface area contributed by atoms with Gasteiger partial charge in [-0.25, -0.2) is 4.79 Å². The molecule has 2 aromatic heterocycles. The summed E-state index contributed by atoms with van der Waals surface area (Å²) in [7, 11) is 0. The zero-order valence-electron chi connectivity index (χ0n) is 21.4. The summed E-state index contributed by atoms with van der Waals surface area (Å²) in [4.78, 5) is 26.6. The number of morpholine rings is 1. The Morgan fingerprint density at radius 2 is 1.89 bits per heavy atom. The predicted octanol–water partition coefficient (Wildman–Crippen LogP) is 1.70. The van der Waals surface area contributed by atoms with Gasteiger partial charge in [0.2, 0.25) is 0 Å². The molecule has 1 fully saturated rings. The first-order valence-electron chi connectivity index (χ1n) is 11.9. The van der Waals surface area contributed by atoms with Crippen LogP contribution in [-0.4, -0.2) is 83.0 Å². The number of hydrogen-bond acceptors (Lipinski definition) is 9. The number of hydrogen-bond donors (Lipinski definition) is 2. The first-order valence-corrected chi connectivity index (χ1v) is 11.9. The summed E-state index contributed by atoms with van der Waals surface area (Å²) in [5.74, 6) is 0.432. The van der Waals surface area contributed by atoms with E-state index in [1.54, 1.807) is 18.7 Å². The third-order valence-corrected chi connectivity index (χ3v) is 5.51. The maximum atomic E-state index is 12.5. The molecule has 3 rings (SSSR count). The second-order valence-corrected chi connectivity index (χ2v) is 10.6. The average Bonchev–Trinajstić information content (AvgIpc) is 3.23. The van der Waals surface area contributed by atoms with E-state index in [1.807, 2.05) is 22.6 Å². The number of nitrogens with one attached hydrogen (secondary N) is 1. The number of nitrogens with zero attached hydrogens (tertiary/aromatic N) is 4. The van der Waals surface area contributed by atoms with E-state index in [2.05, 4.69) is 36.3 Å². The quantitative estimate of drug-likeness (QED) is 0.510. The highest BCUT2D eigenvalue weighted by Gasteiger charge is 2.26. The van der Waals surface area contributed by atoms with Crippen LogP contribution in [0.1, 0.15) is 52.2 Å². The summed E-state index contributed by atoms with van der Waals surface area (Å²) in [6, 6.07) is 5.08. The Hall–Kier alpha value is -2.60. The minimum atomic E-state index is -0.963. The third-order valence-electron chi connectivity index (χ3n) is 5.51. The molecule has 3 N–H and O–H groups in total. The molecule has 1 atom stereocenters. The number of ketones is 1. The van der Waals surface area contributed by atoms with E-state index in [1.165, 1.54) is 0 Å². The highest BCUT2D eigenvalue weighted by molar-refractivity contribution is 5.89. The lowest BCUT2D eigenvalue weighted by Crippen LogP contribution is -2.47. The van der Waals surface area contributed by atoms with Gasteiger partial charge in [0.25, 0.3) is 0 Å². The van der Waals surface area contributed by atoms with Crippen molar-refractivity contribution in [3.8, 4) is 0 Å². The van der Waals surface area contributed by atoms with Crippen molar-refractivity contribution >= 4 is 17.5 Å². The lowest BCUT2D eigenvalue weighted by Gasteiger charge is -2.26. The fraction of sp³-hybridized carbons (Fsp3) is 0.667. The number of Topliss-reactive ketones (excluding diaryl/α,β-unsaturated/α-hetero) is 1. The minimum absolute atomic E-state index is 0.0224. The van der Waals surface area contributed by atoms with Gasteiger partial charge in [0, 0.05) is 13.1 Å². The van der Waals surface area contributed by atoms with Gasteiger partial charge in [0.1, 0.15) is 6.61 Å². The molecule has 2 aromatic rings. The molecule has 1 aliphatic heterocycles. The largest absolute Gasteiger partial charge is 0.443 e. The summed E-state index contributed by atoms with van der Waals surface area (Å²) in [6.45, 7) is 12.5. The normalized spacial score (nSPS) is 15.9. The summed E-state index contributed by atoms with van der Waals surface area (Å²) in [5, 5.41) is 11.9. The van der Waals surface area contributed by atoms with E-state index >= 15 is 0 Å². The van der Waals surface area contributed by atoms with Gasteiger partial charge in [-0.2, -0.15) is 0 Å². The molecule has 0 aromatic carbocycles. The number of carbonyl (C=O) groups is 2. The number of ether oxygens (including phenoxy) is 3. The van der Waals surface area contributed by atoms with E-state index in [-0.39, 0.29) is 37.0 Å². The molecule has 194 valence electrons. The molecule has 1 saturated heterocycles. The Bertz CT molecular complexity index is 1000. The van der Waals surface area contributed by atoms with Crippen molar-refractivity contribution in [2.45, 2.75) is 52.8 Å². The van der Waals surface area contributed by atoms with E-state index < -0.39 is 11.6 Å². The molecule has 35 heavy (non-hydrogen) atoms. The maximum absolute atomic E-state index is 12.5. The highest BCUT2D eigenvalue weighted by atomic mass is 16.6. The van der Waals surface area contributed by atoms with Gasteiger partial charge < -0.3 is 24.8 Å². The summed E-state index contributed by atoms with van der Waals surface area (Å²) >= 11 is 0. The van der Waals surface area contributed by atoms with Gasteiger partial charge in [-0.05, 0) is 31.4 Å². The number of nitrogens with two attached hydrogens (primary N) is 1. The van der Waals surface area contributed by atoms with E-state index in [4.69, 9.17) is 19.9 Å². The molecule has 3 heterocycles. The monoisotopic (exact) mass is 490 g/mol. The topological polar surface area (TPSA) is 133 Å². The molecule has 11 nitrogen and oxygen atoms in total. The van der Waals surface area contributed by atoms with Crippen molar-refractivity contribution in [1.29, 1.82) is 0 Å². The summed E-state index contributed by atoms with van der Waals surface area (Å²) in [6.07, 6.45) is -0.390. The standard InChI is InChI=1S/C24H38N6O5/c1-23(2,3)16-34-15-18(26-13-19(31)24(4,5)25)21-28-27-20-8-6-7-17(30(20)21)14-35-22(32)29-9-11-33-12-10-29/h6-8,18,26H,9-16,25H2,1-5H3/t18-/m1/s1. The smallest absolute Gasteiger partial charge is 0.410 e. The fourth-order valence-electron chi connectivity index (χ4n) is 3.49. The van der Waals surface area contributed by atoms with Crippen LogP contribution < -0.4 is 11.1 Å². The van der Waals surface area contributed by atoms with Gasteiger partial charge >= 0.3 is 6.09 Å². The maximum Gasteiger partial charge on any atom is 0.410 e. The molecule has 0 unspecified atom stereocenters. The van der Waals surface area contributed by atoms with Crippen LogP contribution in [0.5, 0.6) is 0 Å². The summed E-state index contributed by atoms with van der Waals surface area (Å²) < 4.78 is 18.7. The highest BCUT2D eigenvalue weighted by Crippen LogP contribution is 2.19. The first-order chi connectivity index (χ1) is 16.5. The number of pyridine rings is 1. The van der Waals surface area contributed by atoms with Crippen LogP contribution in [0.3, 0.4) is 0 Å². The van der Waals surface area contributed by atoms with E-state index in [0.717, 1.165) is 0 Å². The molecule has 1 amide bonds. The molecular formula is C24H38N6O5. The van der Waals surface area contributed by atoms with Crippen LogP contribution in [-0.2, 0) is 25.6 Å². The number of aromatic nitrogens is 3. The molecule has 1 aliphatic rings. The van der Waals surface area contributed by atoms with Crippen molar-refractivity contribution in [2.24, 2.45) is 11.1 Å². The average molecular weight is 491 g/mol. The van der Waals surface area contributed by atoms with Crippen molar-refractivity contribution in [1.82, 2.24) is 24.8 Å². The Morgan fingerprint density at radius 3 is 2.54 bits per heavy atom. The van der Waals surface area contributed by atoms with Gasteiger partial charge in [-0.1, -0.05) is 26.8 Å². The lowest BCUT2D eigenvalue weighted by atomic mass is 9.99. The second-order valence-electron chi connectivity index (χ2n) is 10.6. The Morgan fingerprint density at radius 1 is 1.17 bits per heavy atom. The van der Waals surface area contributed by atoms with E-state index in [0.29, 0.717) is 50.1 Å². The van der Waals surface area contributed by atoms with Crippen LogP contribution in [0.15, 0.2) is 18.2 Å². The number of fused-ring (bicyclic) bond motifs is 1. The minimum Gasteiger partial charge on any atom is -0.443 e. The van der Waals surface area contributed by atoms with Gasteiger partial charge in [0.05, 0.1) is 50.2 Å². The first kappa shape index (κ1) is 27.0. The number of rotatable bonds is 10. The van der Waals surface area contributed by atoms with E-state index in [9.17, 15) is 9.59 Å². The Balaban J connectivity index is 1.81. The lowest BCUT2D eigenvalue weighted by molar-refractivity contribution is -0.122. The molecule has 0 saturated carbocycles. The van der Waals surface area contributed by atoms with Crippen LogP contribution in [0, 0.1) is 5.41 Å². The van der Waals surface area contributed by atoms with Crippen molar-refractivity contribution in [3.05, 3.63) is 29.7 Å². The third kappa shape index (κ3) is 7.69. The fourth-order valence-corrected chi connectivity index (χ4v) is 3.49. The summed E-state index contributed by atoms with van der Waals surface area (Å²) in [5.41, 5.74) is 6.30. The molecule has 0 aliphatic carbocycles. The molecule has 0 spiro atoms. The Labute approximate surface area is 206 Å². The van der Waals surface area contributed by atoms with Gasteiger partial charge in [0.15, 0.2) is 17.3 Å². The van der Waals surface area contributed by atoms with Crippen molar-refractivity contribution in [2.75, 3.05) is 46.1 Å². The SMILES string of the molecule is CC(C)(C)COC[C@@H](NCC(=O)C(C)(C)N)c1nnc2cccc(COC(=O)N3CCOCC3)n12. The second kappa shape index (κ2) is 11.4. The number of amides is 1. The van der Waals surface area contributed by atoms with Crippen LogP contribution in [0.25, 0.3) is 5.65 Å². The zero-order chi connectivity index (χ0) is 25.6. The van der Waals surface area contributed by atoms with Crippen LogP contribution in [0.2, 0.25) is 0 Å². The van der Waals surface area contributed by atoms with Crippen molar-refractivity contribution in [3.63, 3.8) is 0 Å². The van der Waals surface area contributed by atoms with Crippen molar-refractivity contribution < 1.29 is 23.8 Å². The zero-order valence-corrected chi connectivity index (χ0v) is 21.4. The predicted molar refractivity (Wildman–Crippen MR) is 130 cm³/mol. The van der Waals surface area contributed by atoms with Gasteiger partial charge in [-0.15, -0.1) is 10.2 Å². The molecule has 0 bridgehead atoms. The molecule has 0 radical (unpaired) electrons. The van der Waals surface area contributed by atoms with Crippen LogP contribution >= 0.6 is 0 Å². The van der Waals surface area contributed by atoms with Gasteiger partial charge in [-0.3, -0.25) is 14.5 Å². The molecular weight excluding hydrogens is 452 g/mol. The van der Waals surface area contributed by atoms with Crippen LogP contribution in [0.4, 0.5) is 4.79 Å². The Kier molecular flexibility index (Phi) is 8.81. The molecule has 11 heteroatoms. The number of carbonyl (C=O) groups excluding carboxylic acids is 2.